The highest BCUT2D eigenvalue weighted by molar-refractivity contribution is 5.29. The third kappa shape index (κ3) is 3.96. The molecule has 3 nitrogen and oxygen atoms in total. The SMILES string of the molecule is CCc1cc(F)cc(OCCN2CCOCC2)c1. The predicted octanol–water partition coefficient (Wildman–Crippen LogP) is 2.10. The van der Waals surface area contributed by atoms with Gasteiger partial charge in [0.1, 0.15) is 18.2 Å². The minimum absolute atomic E-state index is 0.226. The van der Waals surface area contributed by atoms with Gasteiger partial charge in [-0.05, 0) is 24.1 Å². The summed E-state index contributed by atoms with van der Waals surface area (Å²) < 4.78 is 24.2. The molecule has 0 atom stereocenters. The highest BCUT2D eigenvalue weighted by Gasteiger charge is 2.10. The molecule has 0 radical (unpaired) electrons. The molecule has 1 saturated heterocycles. The Morgan fingerprint density at radius 2 is 2.06 bits per heavy atom. The summed E-state index contributed by atoms with van der Waals surface area (Å²) >= 11 is 0. The molecule has 0 spiro atoms. The number of hydrogen-bond acceptors (Lipinski definition) is 3. The molecule has 0 aromatic heterocycles. The maximum atomic E-state index is 13.3. The van der Waals surface area contributed by atoms with Crippen LogP contribution in [0.25, 0.3) is 0 Å². The second-order valence-electron chi connectivity index (χ2n) is 4.45. The number of morpholine rings is 1. The maximum absolute atomic E-state index is 13.3. The number of rotatable bonds is 5. The van der Waals surface area contributed by atoms with Crippen molar-refractivity contribution in [2.24, 2.45) is 0 Å². The van der Waals surface area contributed by atoms with Crippen molar-refractivity contribution in [3.8, 4) is 5.75 Å². The molecule has 100 valence electrons. The second kappa shape index (κ2) is 6.71. The van der Waals surface area contributed by atoms with Crippen molar-refractivity contribution < 1.29 is 13.9 Å². The number of hydrogen-bond donors (Lipinski definition) is 0. The van der Waals surface area contributed by atoms with Crippen LogP contribution < -0.4 is 4.74 Å². The number of halogens is 1. The van der Waals surface area contributed by atoms with Crippen LogP contribution in [0.4, 0.5) is 4.39 Å². The molecule has 0 unspecified atom stereocenters. The van der Waals surface area contributed by atoms with Crippen molar-refractivity contribution in [3.63, 3.8) is 0 Å². The molecule has 1 heterocycles. The van der Waals surface area contributed by atoms with Crippen LogP contribution in [0, 0.1) is 5.82 Å². The Kier molecular flexibility index (Phi) is 4.96. The lowest BCUT2D eigenvalue weighted by molar-refractivity contribution is 0.0322. The van der Waals surface area contributed by atoms with Crippen LogP contribution in [0.5, 0.6) is 5.75 Å². The van der Waals surface area contributed by atoms with E-state index in [9.17, 15) is 4.39 Å². The van der Waals surface area contributed by atoms with Gasteiger partial charge in [0.2, 0.25) is 0 Å². The zero-order chi connectivity index (χ0) is 12.8. The van der Waals surface area contributed by atoms with Gasteiger partial charge in [-0.3, -0.25) is 4.90 Å². The fourth-order valence-electron chi connectivity index (χ4n) is 2.03. The van der Waals surface area contributed by atoms with Gasteiger partial charge in [0, 0.05) is 25.7 Å². The van der Waals surface area contributed by atoms with E-state index >= 15 is 0 Å². The standard InChI is InChI=1S/C14H20FNO2/c1-2-12-9-13(15)11-14(10-12)18-8-5-16-3-6-17-7-4-16/h9-11H,2-8H2,1H3. The Hall–Kier alpha value is -1.13. The molecular weight excluding hydrogens is 233 g/mol. The summed E-state index contributed by atoms with van der Waals surface area (Å²) in [5.74, 6) is 0.399. The van der Waals surface area contributed by atoms with Gasteiger partial charge < -0.3 is 9.47 Å². The Balaban J connectivity index is 1.80. The van der Waals surface area contributed by atoms with Crippen molar-refractivity contribution in [2.75, 3.05) is 39.5 Å². The molecule has 1 aliphatic rings. The van der Waals surface area contributed by atoms with Gasteiger partial charge in [-0.1, -0.05) is 6.92 Å². The van der Waals surface area contributed by atoms with Crippen LogP contribution in [-0.4, -0.2) is 44.4 Å². The highest BCUT2D eigenvalue weighted by atomic mass is 19.1. The molecule has 18 heavy (non-hydrogen) atoms. The summed E-state index contributed by atoms with van der Waals surface area (Å²) in [6, 6.07) is 4.90. The van der Waals surface area contributed by atoms with Crippen LogP contribution in [0.15, 0.2) is 18.2 Å². The van der Waals surface area contributed by atoms with E-state index < -0.39 is 0 Å². The number of aryl methyl sites for hydroxylation is 1. The van der Waals surface area contributed by atoms with Gasteiger partial charge in [-0.25, -0.2) is 4.39 Å². The zero-order valence-corrected chi connectivity index (χ0v) is 10.8. The average molecular weight is 253 g/mol. The first-order chi connectivity index (χ1) is 8.78. The average Bonchev–Trinajstić information content (AvgIpc) is 2.39. The Bertz CT molecular complexity index is 378. The van der Waals surface area contributed by atoms with E-state index in [4.69, 9.17) is 9.47 Å². The molecule has 0 aliphatic carbocycles. The van der Waals surface area contributed by atoms with Gasteiger partial charge in [0.15, 0.2) is 0 Å². The first kappa shape index (κ1) is 13.3. The lowest BCUT2D eigenvalue weighted by atomic mass is 10.1. The maximum Gasteiger partial charge on any atom is 0.127 e. The fourth-order valence-corrected chi connectivity index (χ4v) is 2.03. The normalized spacial score (nSPS) is 16.8. The third-order valence-electron chi connectivity index (χ3n) is 3.12. The fraction of sp³-hybridized carbons (Fsp3) is 0.571. The topological polar surface area (TPSA) is 21.7 Å². The van der Waals surface area contributed by atoms with Crippen LogP contribution >= 0.6 is 0 Å². The van der Waals surface area contributed by atoms with Crippen molar-refractivity contribution in [2.45, 2.75) is 13.3 Å². The lowest BCUT2D eigenvalue weighted by Gasteiger charge is -2.26. The molecule has 2 rings (SSSR count). The summed E-state index contributed by atoms with van der Waals surface area (Å²) in [4.78, 5) is 2.30. The number of ether oxygens (including phenoxy) is 2. The molecule has 0 saturated carbocycles. The third-order valence-corrected chi connectivity index (χ3v) is 3.12. The largest absolute Gasteiger partial charge is 0.492 e. The van der Waals surface area contributed by atoms with Gasteiger partial charge in [-0.15, -0.1) is 0 Å². The minimum Gasteiger partial charge on any atom is -0.492 e. The first-order valence-corrected chi connectivity index (χ1v) is 6.50. The summed E-state index contributed by atoms with van der Waals surface area (Å²) in [5.41, 5.74) is 0.969. The summed E-state index contributed by atoms with van der Waals surface area (Å²) in [6.07, 6.45) is 0.817. The van der Waals surface area contributed by atoms with Gasteiger partial charge >= 0.3 is 0 Å². The molecular formula is C14H20FNO2. The van der Waals surface area contributed by atoms with Crippen LogP contribution in [0.3, 0.4) is 0 Å². The predicted molar refractivity (Wildman–Crippen MR) is 68.5 cm³/mol. The Morgan fingerprint density at radius 3 is 2.78 bits per heavy atom. The van der Waals surface area contributed by atoms with E-state index in [-0.39, 0.29) is 5.82 Å². The summed E-state index contributed by atoms with van der Waals surface area (Å²) in [5, 5.41) is 0. The molecule has 4 heteroatoms. The zero-order valence-electron chi connectivity index (χ0n) is 10.8. The van der Waals surface area contributed by atoms with Crippen LogP contribution in [0.2, 0.25) is 0 Å². The van der Waals surface area contributed by atoms with Gasteiger partial charge in [-0.2, -0.15) is 0 Å². The number of nitrogens with zero attached hydrogens (tertiary/aromatic N) is 1. The van der Waals surface area contributed by atoms with Crippen molar-refractivity contribution in [1.29, 1.82) is 0 Å². The van der Waals surface area contributed by atoms with E-state index in [0.717, 1.165) is 44.8 Å². The van der Waals surface area contributed by atoms with E-state index in [0.29, 0.717) is 12.4 Å². The molecule has 1 fully saturated rings. The minimum atomic E-state index is -0.226. The Labute approximate surface area is 107 Å². The van der Waals surface area contributed by atoms with Gasteiger partial charge in [0.25, 0.3) is 0 Å². The van der Waals surface area contributed by atoms with E-state index in [1.165, 1.54) is 6.07 Å². The second-order valence-corrected chi connectivity index (χ2v) is 4.45. The first-order valence-electron chi connectivity index (χ1n) is 6.50. The van der Waals surface area contributed by atoms with Crippen LogP contribution in [0.1, 0.15) is 12.5 Å². The van der Waals surface area contributed by atoms with E-state index in [1.54, 1.807) is 6.07 Å². The summed E-state index contributed by atoms with van der Waals surface area (Å²) in [6.45, 7) is 6.94. The van der Waals surface area contributed by atoms with E-state index in [1.807, 2.05) is 13.0 Å². The molecule has 0 N–H and O–H groups in total. The molecule has 0 amide bonds. The molecule has 1 aromatic rings. The van der Waals surface area contributed by atoms with Crippen LogP contribution in [-0.2, 0) is 11.2 Å². The van der Waals surface area contributed by atoms with Crippen molar-refractivity contribution in [1.82, 2.24) is 4.90 Å². The Morgan fingerprint density at radius 1 is 1.28 bits per heavy atom. The van der Waals surface area contributed by atoms with Gasteiger partial charge in [0.05, 0.1) is 13.2 Å². The smallest absolute Gasteiger partial charge is 0.127 e. The van der Waals surface area contributed by atoms with Crippen molar-refractivity contribution >= 4 is 0 Å². The molecule has 1 aliphatic heterocycles. The van der Waals surface area contributed by atoms with Crippen molar-refractivity contribution in [3.05, 3.63) is 29.6 Å². The highest BCUT2D eigenvalue weighted by Crippen LogP contribution is 2.16. The molecule has 1 aromatic carbocycles. The lowest BCUT2D eigenvalue weighted by Crippen LogP contribution is -2.38. The van der Waals surface area contributed by atoms with E-state index in [2.05, 4.69) is 4.90 Å². The molecule has 0 bridgehead atoms. The number of benzene rings is 1. The summed E-state index contributed by atoms with van der Waals surface area (Å²) in [7, 11) is 0. The monoisotopic (exact) mass is 253 g/mol. The quantitative estimate of drug-likeness (QED) is 0.802.